The van der Waals surface area contributed by atoms with Gasteiger partial charge in [0.25, 0.3) is 10.1 Å². The van der Waals surface area contributed by atoms with Crippen molar-refractivity contribution in [1.82, 2.24) is 0 Å². The van der Waals surface area contributed by atoms with Gasteiger partial charge in [-0.15, -0.1) is 0 Å². The number of allylic oxidation sites excluding steroid dienone is 1. The number of phenolic OH excluding ortho intramolecular Hbond substituents is 4. The molecule has 5 N–H and O–H groups in total. The van der Waals surface area contributed by atoms with Crippen molar-refractivity contribution in [2.45, 2.75) is 17.7 Å². The molecule has 0 radical (unpaired) electrons. The van der Waals surface area contributed by atoms with Crippen LogP contribution in [0, 0.1) is 0 Å². The Bertz CT molecular complexity index is 942. The Morgan fingerprint density at radius 3 is 2.27 bits per heavy atom. The maximum absolute atomic E-state index is 11.3. The van der Waals surface area contributed by atoms with E-state index in [9.17, 15) is 28.8 Å². The Hall–Kier alpha value is -2.45. The van der Waals surface area contributed by atoms with E-state index in [1.54, 1.807) is 12.2 Å². The van der Waals surface area contributed by atoms with Gasteiger partial charge in [-0.05, 0) is 18.9 Å². The van der Waals surface area contributed by atoms with E-state index in [1.807, 2.05) is 0 Å². The number of benzene rings is 2. The van der Waals surface area contributed by atoms with Gasteiger partial charge in [0.2, 0.25) is 0 Å². The van der Waals surface area contributed by atoms with Crippen LogP contribution in [0.2, 0.25) is 0 Å². The van der Waals surface area contributed by atoms with Crippen LogP contribution >= 0.6 is 0 Å². The third-order valence-electron chi connectivity index (χ3n) is 3.72. The van der Waals surface area contributed by atoms with Crippen molar-refractivity contribution in [3.8, 4) is 23.0 Å². The summed E-state index contributed by atoms with van der Waals surface area (Å²) in [5.41, 5.74) is 0.699. The summed E-state index contributed by atoms with van der Waals surface area (Å²) in [5.74, 6) is -2.70. The summed E-state index contributed by atoms with van der Waals surface area (Å²) < 4.78 is 31.6. The monoisotopic (exact) mass is 324 g/mol. The van der Waals surface area contributed by atoms with Crippen LogP contribution in [0.4, 0.5) is 0 Å². The molecule has 22 heavy (non-hydrogen) atoms. The zero-order valence-electron chi connectivity index (χ0n) is 11.1. The first-order valence-electron chi connectivity index (χ1n) is 6.33. The van der Waals surface area contributed by atoms with Gasteiger partial charge in [0.1, 0.15) is 16.4 Å². The number of aromatic hydroxyl groups is 4. The van der Waals surface area contributed by atoms with Crippen molar-refractivity contribution in [1.29, 1.82) is 0 Å². The standard InChI is InChI=1S/C14H12O7S/c15-11-6-3-1-2-4-7(6)12(16)10-8(11)5-9(22(19,20)21)13(17)14(10)18/h1,3,5,15-18H,2,4H2,(H,19,20,21). The number of rotatable bonds is 1. The first-order valence-corrected chi connectivity index (χ1v) is 7.77. The van der Waals surface area contributed by atoms with Gasteiger partial charge in [-0.25, -0.2) is 0 Å². The van der Waals surface area contributed by atoms with E-state index >= 15 is 0 Å². The first kappa shape index (κ1) is 14.5. The molecule has 0 atom stereocenters. The second kappa shape index (κ2) is 4.52. The normalized spacial score (nSPS) is 14.2. The molecule has 0 heterocycles. The smallest absolute Gasteiger partial charge is 0.298 e. The molecule has 0 aromatic heterocycles. The number of hydrogen-bond acceptors (Lipinski definition) is 6. The van der Waals surface area contributed by atoms with Gasteiger partial charge in [0.15, 0.2) is 11.5 Å². The van der Waals surface area contributed by atoms with Crippen molar-refractivity contribution >= 4 is 27.0 Å². The Kier molecular flexibility index (Phi) is 2.98. The molecule has 7 nitrogen and oxygen atoms in total. The van der Waals surface area contributed by atoms with Crippen LogP contribution in [0.25, 0.3) is 16.8 Å². The summed E-state index contributed by atoms with van der Waals surface area (Å²) >= 11 is 0. The van der Waals surface area contributed by atoms with Gasteiger partial charge in [-0.2, -0.15) is 8.42 Å². The van der Waals surface area contributed by atoms with E-state index in [1.165, 1.54) is 0 Å². The second-order valence-corrected chi connectivity index (χ2v) is 6.39. The summed E-state index contributed by atoms with van der Waals surface area (Å²) in [6.45, 7) is 0. The minimum atomic E-state index is -4.82. The molecule has 2 aromatic carbocycles. The SMILES string of the molecule is O=S(=O)(O)c1cc2c(O)c3c(c(O)c2c(O)c1O)CCC=C3. The molecule has 8 heteroatoms. The molecule has 116 valence electrons. The van der Waals surface area contributed by atoms with Gasteiger partial charge in [0, 0.05) is 16.5 Å². The Morgan fingerprint density at radius 2 is 1.64 bits per heavy atom. The average Bonchev–Trinajstić information content (AvgIpc) is 2.46. The van der Waals surface area contributed by atoms with Crippen molar-refractivity contribution in [2.24, 2.45) is 0 Å². The molecule has 0 aliphatic heterocycles. The molecule has 0 spiro atoms. The highest BCUT2D eigenvalue weighted by atomic mass is 32.2. The highest BCUT2D eigenvalue weighted by Crippen LogP contribution is 2.50. The van der Waals surface area contributed by atoms with Crippen molar-refractivity contribution in [3.63, 3.8) is 0 Å². The zero-order chi connectivity index (χ0) is 16.2. The van der Waals surface area contributed by atoms with Gasteiger partial charge >= 0.3 is 0 Å². The Morgan fingerprint density at radius 1 is 0.955 bits per heavy atom. The van der Waals surface area contributed by atoms with Gasteiger partial charge in [-0.3, -0.25) is 4.55 Å². The quantitative estimate of drug-likeness (QED) is 0.307. The van der Waals surface area contributed by atoms with E-state index in [4.69, 9.17) is 4.55 Å². The van der Waals surface area contributed by atoms with Crippen LogP contribution in [0.15, 0.2) is 17.0 Å². The van der Waals surface area contributed by atoms with Gasteiger partial charge < -0.3 is 20.4 Å². The molecule has 3 rings (SSSR count). The molecule has 0 fully saturated rings. The fraction of sp³-hybridized carbons (Fsp3) is 0.143. The van der Waals surface area contributed by atoms with E-state index < -0.39 is 26.5 Å². The van der Waals surface area contributed by atoms with Crippen molar-refractivity contribution in [3.05, 3.63) is 23.3 Å². The Labute approximate surface area is 125 Å². The van der Waals surface area contributed by atoms with Gasteiger partial charge in [0.05, 0.1) is 5.39 Å². The molecule has 0 saturated heterocycles. The highest BCUT2D eigenvalue weighted by Gasteiger charge is 2.27. The van der Waals surface area contributed by atoms with Crippen LogP contribution in [0.5, 0.6) is 23.0 Å². The average molecular weight is 324 g/mol. The number of fused-ring (bicyclic) bond motifs is 2. The van der Waals surface area contributed by atoms with Crippen LogP contribution in [0.3, 0.4) is 0 Å². The summed E-state index contributed by atoms with van der Waals surface area (Å²) in [5, 5.41) is 39.9. The minimum absolute atomic E-state index is 0.189. The van der Waals surface area contributed by atoms with Crippen molar-refractivity contribution in [2.75, 3.05) is 0 Å². The van der Waals surface area contributed by atoms with Gasteiger partial charge in [-0.1, -0.05) is 12.2 Å². The molecular formula is C14H12O7S. The molecular weight excluding hydrogens is 312 g/mol. The lowest BCUT2D eigenvalue weighted by Crippen LogP contribution is -2.01. The van der Waals surface area contributed by atoms with E-state index in [2.05, 4.69) is 0 Å². The third-order valence-corrected chi connectivity index (χ3v) is 4.59. The third kappa shape index (κ3) is 1.88. The second-order valence-electron chi connectivity index (χ2n) is 5.00. The topological polar surface area (TPSA) is 135 Å². The van der Waals surface area contributed by atoms with E-state index in [-0.39, 0.29) is 22.3 Å². The number of phenols is 4. The molecule has 0 bridgehead atoms. The van der Waals surface area contributed by atoms with Crippen molar-refractivity contribution < 1.29 is 33.4 Å². The summed E-state index contributed by atoms with van der Waals surface area (Å²) in [6.07, 6.45) is 4.39. The predicted octanol–water partition coefficient (Wildman–Crippen LogP) is 1.87. The lowest BCUT2D eigenvalue weighted by Gasteiger charge is -2.18. The summed E-state index contributed by atoms with van der Waals surface area (Å²) in [7, 11) is -4.82. The minimum Gasteiger partial charge on any atom is -0.507 e. The lowest BCUT2D eigenvalue weighted by atomic mass is 9.91. The Balaban J connectivity index is 2.56. The van der Waals surface area contributed by atoms with E-state index in [0.717, 1.165) is 6.07 Å². The molecule has 2 aromatic rings. The van der Waals surface area contributed by atoms with Crippen LogP contribution < -0.4 is 0 Å². The maximum Gasteiger partial charge on any atom is 0.298 e. The molecule has 0 unspecified atom stereocenters. The fourth-order valence-electron chi connectivity index (χ4n) is 2.69. The molecule has 0 saturated carbocycles. The number of hydrogen-bond donors (Lipinski definition) is 5. The zero-order valence-corrected chi connectivity index (χ0v) is 11.9. The largest absolute Gasteiger partial charge is 0.507 e. The molecule has 1 aliphatic rings. The predicted molar refractivity (Wildman–Crippen MR) is 77.8 cm³/mol. The fourth-order valence-corrected chi connectivity index (χ4v) is 3.29. The lowest BCUT2D eigenvalue weighted by molar-refractivity contribution is 0.390. The first-order chi connectivity index (χ1) is 10.2. The van der Waals surface area contributed by atoms with Crippen LogP contribution in [0.1, 0.15) is 17.5 Å². The highest BCUT2D eigenvalue weighted by molar-refractivity contribution is 7.86. The summed E-state index contributed by atoms with van der Waals surface area (Å²) in [6, 6.07) is 0.803. The van der Waals surface area contributed by atoms with E-state index in [0.29, 0.717) is 24.0 Å². The summed E-state index contributed by atoms with van der Waals surface area (Å²) in [4.78, 5) is -0.952. The molecule has 0 amide bonds. The maximum atomic E-state index is 11.3. The van der Waals surface area contributed by atoms with Crippen LogP contribution in [-0.2, 0) is 16.5 Å². The van der Waals surface area contributed by atoms with Crippen LogP contribution in [-0.4, -0.2) is 33.4 Å². The molecule has 1 aliphatic carbocycles.